The van der Waals surface area contributed by atoms with Crippen LogP contribution < -0.4 is 15.8 Å². The molecule has 1 atom stereocenters. The Balaban J connectivity index is 1.95. The molecule has 0 unspecified atom stereocenters. The van der Waals surface area contributed by atoms with Crippen molar-refractivity contribution < 1.29 is 9.53 Å². The fourth-order valence-electron chi connectivity index (χ4n) is 1.11. The minimum Gasteiger partial charge on any atom is -0.470 e. The third-order valence-corrected chi connectivity index (χ3v) is 1.85. The standard InChI is InChI=1S/C9H10N2O2/c10-6-1-3-7(4-2-6)13-9-5-8(12)11-9/h1-4,9H,5,10H2,(H,11,12)/t9-/m0/s1. The predicted molar refractivity (Wildman–Crippen MR) is 48.0 cm³/mol. The lowest BCUT2D eigenvalue weighted by molar-refractivity contribution is -0.134. The fourth-order valence-corrected chi connectivity index (χ4v) is 1.11. The van der Waals surface area contributed by atoms with E-state index in [1.54, 1.807) is 24.3 Å². The van der Waals surface area contributed by atoms with Crippen LogP contribution in [0.1, 0.15) is 6.42 Å². The van der Waals surface area contributed by atoms with Crippen LogP contribution in [0.4, 0.5) is 5.69 Å². The molecule has 1 aliphatic heterocycles. The Kier molecular flexibility index (Phi) is 1.81. The van der Waals surface area contributed by atoms with E-state index >= 15 is 0 Å². The van der Waals surface area contributed by atoms with Crippen LogP contribution in [-0.4, -0.2) is 12.1 Å². The van der Waals surface area contributed by atoms with E-state index in [0.29, 0.717) is 12.1 Å². The molecule has 13 heavy (non-hydrogen) atoms. The summed E-state index contributed by atoms with van der Waals surface area (Å²) in [6, 6.07) is 7.07. The summed E-state index contributed by atoms with van der Waals surface area (Å²) in [5, 5.41) is 2.61. The molecule has 0 bridgehead atoms. The summed E-state index contributed by atoms with van der Waals surface area (Å²) in [6.07, 6.45) is 0.265. The molecule has 1 amide bonds. The topological polar surface area (TPSA) is 64.3 Å². The molecule has 1 aromatic rings. The quantitative estimate of drug-likeness (QED) is 0.511. The van der Waals surface area contributed by atoms with Gasteiger partial charge in [-0.1, -0.05) is 0 Å². The van der Waals surface area contributed by atoms with Crippen molar-refractivity contribution in [3.05, 3.63) is 24.3 Å². The number of hydrogen-bond donors (Lipinski definition) is 2. The second kappa shape index (κ2) is 2.97. The predicted octanol–water partition coefficient (Wildman–Crippen LogP) is 0.494. The average molecular weight is 178 g/mol. The van der Waals surface area contributed by atoms with Crippen molar-refractivity contribution in [3.63, 3.8) is 0 Å². The van der Waals surface area contributed by atoms with E-state index in [1.165, 1.54) is 0 Å². The zero-order chi connectivity index (χ0) is 9.26. The summed E-state index contributed by atoms with van der Waals surface area (Å²) < 4.78 is 5.39. The number of β-lactam (4-membered cyclic amide) rings is 1. The molecule has 0 radical (unpaired) electrons. The van der Waals surface area contributed by atoms with E-state index < -0.39 is 0 Å². The van der Waals surface area contributed by atoms with Crippen LogP contribution in [0.25, 0.3) is 0 Å². The van der Waals surface area contributed by atoms with Crippen molar-refractivity contribution in [1.82, 2.24) is 5.32 Å². The lowest BCUT2D eigenvalue weighted by Gasteiger charge is -2.27. The summed E-state index contributed by atoms with van der Waals surface area (Å²) in [6.45, 7) is 0. The first-order valence-electron chi connectivity index (χ1n) is 4.05. The number of benzene rings is 1. The Labute approximate surface area is 75.7 Å². The maximum absolute atomic E-state index is 10.5. The Morgan fingerprint density at radius 2 is 2.00 bits per heavy atom. The third-order valence-electron chi connectivity index (χ3n) is 1.85. The van der Waals surface area contributed by atoms with E-state index in [-0.39, 0.29) is 12.1 Å². The number of nitrogens with one attached hydrogen (secondary N) is 1. The van der Waals surface area contributed by atoms with Crippen molar-refractivity contribution in [2.45, 2.75) is 12.6 Å². The van der Waals surface area contributed by atoms with E-state index in [9.17, 15) is 4.79 Å². The maximum atomic E-state index is 10.5. The van der Waals surface area contributed by atoms with Gasteiger partial charge in [-0.3, -0.25) is 4.79 Å². The monoisotopic (exact) mass is 178 g/mol. The van der Waals surface area contributed by atoms with Gasteiger partial charge in [0.2, 0.25) is 5.91 Å². The Morgan fingerprint density at radius 1 is 1.38 bits per heavy atom. The normalized spacial score (nSPS) is 20.3. The molecule has 0 saturated carbocycles. The van der Waals surface area contributed by atoms with Gasteiger partial charge >= 0.3 is 0 Å². The van der Waals surface area contributed by atoms with Crippen LogP contribution in [0.2, 0.25) is 0 Å². The SMILES string of the molecule is Nc1ccc(O[C@H]2CC(=O)N2)cc1. The van der Waals surface area contributed by atoms with Crippen LogP contribution in [-0.2, 0) is 4.79 Å². The van der Waals surface area contributed by atoms with E-state index in [0.717, 1.165) is 5.75 Å². The summed E-state index contributed by atoms with van der Waals surface area (Å²) in [7, 11) is 0. The Bertz CT molecular complexity index is 313. The first-order valence-corrected chi connectivity index (χ1v) is 4.05. The largest absolute Gasteiger partial charge is 0.470 e. The number of nitrogens with two attached hydrogens (primary N) is 1. The van der Waals surface area contributed by atoms with Crippen LogP contribution in [0.5, 0.6) is 5.75 Å². The number of rotatable bonds is 2. The molecular formula is C9H10N2O2. The smallest absolute Gasteiger partial charge is 0.228 e. The summed E-state index contributed by atoms with van der Waals surface area (Å²) in [4.78, 5) is 10.5. The molecule has 0 spiro atoms. The van der Waals surface area contributed by atoms with E-state index in [2.05, 4.69) is 5.32 Å². The second-order valence-electron chi connectivity index (χ2n) is 2.95. The maximum Gasteiger partial charge on any atom is 0.228 e. The minimum atomic E-state index is -0.170. The highest BCUT2D eigenvalue weighted by molar-refractivity contribution is 5.82. The summed E-state index contributed by atoms with van der Waals surface area (Å²) >= 11 is 0. The highest BCUT2D eigenvalue weighted by Gasteiger charge is 2.26. The molecule has 0 aliphatic carbocycles. The molecule has 1 fully saturated rings. The molecule has 4 heteroatoms. The van der Waals surface area contributed by atoms with Crippen molar-refractivity contribution in [3.8, 4) is 5.75 Å². The molecule has 0 aromatic heterocycles. The van der Waals surface area contributed by atoms with Crippen LogP contribution in [0.3, 0.4) is 0 Å². The molecule has 3 N–H and O–H groups in total. The molecule has 1 aliphatic rings. The number of nitrogen functional groups attached to an aromatic ring is 1. The highest BCUT2D eigenvalue weighted by atomic mass is 16.5. The van der Waals surface area contributed by atoms with Crippen LogP contribution >= 0.6 is 0 Å². The first-order chi connectivity index (χ1) is 6.24. The van der Waals surface area contributed by atoms with Crippen molar-refractivity contribution in [2.75, 3.05) is 5.73 Å². The van der Waals surface area contributed by atoms with Crippen molar-refractivity contribution in [2.24, 2.45) is 0 Å². The minimum absolute atomic E-state index is 0.0282. The summed E-state index contributed by atoms with van der Waals surface area (Å²) in [5.74, 6) is 0.750. The van der Waals surface area contributed by atoms with Gasteiger partial charge in [-0.15, -0.1) is 0 Å². The molecule has 4 nitrogen and oxygen atoms in total. The second-order valence-corrected chi connectivity index (χ2v) is 2.95. The van der Waals surface area contributed by atoms with E-state index in [4.69, 9.17) is 10.5 Å². The average Bonchev–Trinajstić information content (AvgIpc) is 2.06. The number of hydrogen-bond acceptors (Lipinski definition) is 3. The number of carbonyl (C=O) groups excluding carboxylic acids is 1. The van der Waals surface area contributed by atoms with Crippen LogP contribution in [0.15, 0.2) is 24.3 Å². The lowest BCUT2D eigenvalue weighted by Crippen LogP contribution is -2.51. The van der Waals surface area contributed by atoms with Gasteiger partial charge in [0.05, 0.1) is 6.42 Å². The molecule has 1 heterocycles. The molecule has 2 rings (SSSR count). The van der Waals surface area contributed by atoms with Gasteiger partial charge in [0, 0.05) is 5.69 Å². The van der Waals surface area contributed by atoms with Crippen molar-refractivity contribution in [1.29, 1.82) is 0 Å². The first kappa shape index (κ1) is 7.91. The number of amides is 1. The molecule has 68 valence electrons. The van der Waals surface area contributed by atoms with Gasteiger partial charge < -0.3 is 15.8 Å². The third kappa shape index (κ3) is 1.72. The van der Waals surface area contributed by atoms with Crippen molar-refractivity contribution >= 4 is 11.6 Å². The number of carbonyl (C=O) groups is 1. The Morgan fingerprint density at radius 3 is 2.54 bits per heavy atom. The van der Waals surface area contributed by atoms with Gasteiger partial charge in [0.25, 0.3) is 0 Å². The zero-order valence-electron chi connectivity index (χ0n) is 6.99. The highest BCUT2D eigenvalue weighted by Crippen LogP contribution is 2.17. The van der Waals surface area contributed by atoms with Crippen LogP contribution in [0, 0.1) is 0 Å². The molecule has 1 aromatic carbocycles. The zero-order valence-corrected chi connectivity index (χ0v) is 6.99. The van der Waals surface area contributed by atoms with Gasteiger partial charge in [-0.2, -0.15) is 0 Å². The molecule has 1 saturated heterocycles. The Hall–Kier alpha value is -1.71. The van der Waals surface area contributed by atoms with E-state index in [1.807, 2.05) is 0 Å². The van der Waals surface area contributed by atoms with Gasteiger partial charge in [-0.25, -0.2) is 0 Å². The fraction of sp³-hybridized carbons (Fsp3) is 0.222. The molecular weight excluding hydrogens is 168 g/mol. The number of ether oxygens (including phenoxy) is 1. The van der Waals surface area contributed by atoms with Gasteiger partial charge in [-0.05, 0) is 24.3 Å². The lowest BCUT2D eigenvalue weighted by atomic mass is 10.2. The van der Waals surface area contributed by atoms with Gasteiger partial charge in [0.1, 0.15) is 5.75 Å². The summed E-state index contributed by atoms with van der Waals surface area (Å²) in [5.41, 5.74) is 6.20. The number of anilines is 1. The van der Waals surface area contributed by atoms with Gasteiger partial charge in [0.15, 0.2) is 6.23 Å².